The summed E-state index contributed by atoms with van der Waals surface area (Å²) in [5.74, 6) is -0.244. The number of hydrogen-bond acceptors (Lipinski definition) is 6. The molecule has 0 aromatic heterocycles. The van der Waals surface area contributed by atoms with E-state index < -0.39 is 24.6 Å². The minimum absolute atomic E-state index is 0.00866. The van der Waals surface area contributed by atoms with Crippen molar-refractivity contribution in [1.29, 1.82) is 5.26 Å². The first kappa shape index (κ1) is 16.3. The van der Waals surface area contributed by atoms with Gasteiger partial charge in [0.2, 0.25) is 6.10 Å². The Kier molecular flexibility index (Phi) is 4.81. The van der Waals surface area contributed by atoms with Gasteiger partial charge in [-0.3, -0.25) is 4.79 Å². The van der Waals surface area contributed by atoms with Crippen molar-refractivity contribution >= 4 is 17.6 Å². The fourth-order valence-corrected chi connectivity index (χ4v) is 2.24. The van der Waals surface area contributed by atoms with Gasteiger partial charge in [0.15, 0.2) is 18.1 Å². The number of amides is 1. The number of ether oxygens (including phenoxy) is 3. The fourth-order valence-electron chi connectivity index (χ4n) is 2.24. The van der Waals surface area contributed by atoms with Gasteiger partial charge in [-0.25, -0.2) is 4.79 Å². The Morgan fingerprint density at radius 1 is 1.16 bits per heavy atom. The van der Waals surface area contributed by atoms with E-state index in [9.17, 15) is 9.59 Å². The molecule has 1 heterocycles. The van der Waals surface area contributed by atoms with Crippen LogP contribution in [-0.4, -0.2) is 31.2 Å². The van der Waals surface area contributed by atoms with E-state index in [0.717, 1.165) is 0 Å². The van der Waals surface area contributed by atoms with Crippen LogP contribution in [0.5, 0.6) is 11.5 Å². The zero-order chi connectivity index (χ0) is 17.6. The first-order valence-corrected chi connectivity index (χ1v) is 7.51. The molecule has 0 radical (unpaired) electrons. The standard InChI is InChI=1S/C18H14N2O5/c19-9-12-5-1-2-6-13(12)20-17(21)11-24-18(22)16-10-23-14-7-3-4-8-15(14)25-16/h1-8,16H,10-11H2,(H,20,21)/t16-/m1/s1. The molecule has 25 heavy (non-hydrogen) atoms. The monoisotopic (exact) mass is 338 g/mol. The van der Waals surface area contributed by atoms with Gasteiger partial charge < -0.3 is 19.5 Å². The predicted molar refractivity (Wildman–Crippen MR) is 87.1 cm³/mol. The van der Waals surface area contributed by atoms with Gasteiger partial charge in [0.25, 0.3) is 5.91 Å². The minimum Gasteiger partial charge on any atom is -0.485 e. The molecule has 126 valence electrons. The van der Waals surface area contributed by atoms with Crippen molar-refractivity contribution in [3.05, 3.63) is 54.1 Å². The maximum absolute atomic E-state index is 12.0. The SMILES string of the molecule is N#Cc1ccccc1NC(=O)COC(=O)[C@H]1COc2ccccc2O1. The van der Waals surface area contributed by atoms with E-state index in [1.165, 1.54) is 0 Å². The first-order valence-electron chi connectivity index (χ1n) is 7.51. The number of anilines is 1. The molecule has 0 fully saturated rings. The molecule has 1 atom stereocenters. The third-order valence-corrected chi connectivity index (χ3v) is 3.44. The zero-order valence-corrected chi connectivity index (χ0v) is 13.1. The molecule has 0 saturated carbocycles. The highest BCUT2D eigenvalue weighted by atomic mass is 16.6. The number of fused-ring (bicyclic) bond motifs is 1. The molecule has 1 amide bonds. The van der Waals surface area contributed by atoms with Gasteiger partial charge in [0.1, 0.15) is 12.7 Å². The summed E-state index contributed by atoms with van der Waals surface area (Å²) < 4.78 is 15.9. The van der Waals surface area contributed by atoms with Crippen LogP contribution >= 0.6 is 0 Å². The molecule has 7 nitrogen and oxygen atoms in total. The lowest BCUT2D eigenvalue weighted by atomic mass is 10.2. The average molecular weight is 338 g/mol. The summed E-state index contributed by atoms with van der Waals surface area (Å²) in [6.07, 6.45) is -0.936. The molecule has 3 rings (SSSR count). The zero-order valence-electron chi connectivity index (χ0n) is 13.1. The summed E-state index contributed by atoms with van der Waals surface area (Å²) in [5.41, 5.74) is 0.681. The number of nitrogens with one attached hydrogen (secondary N) is 1. The van der Waals surface area contributed by atoms with E-state index in [2.05, 4.69) is 5.32 Å². The number of carbonyl (C=O) groups excluding carboxylic acids is 2. The molecule has 2 aromatic carbocycles. The van der Waals surface area contributed by atoms with Crippen molar-refractivity contribution in [2.75, 3.05) is 18.5 Å². The van der Waals surface area contributed by atoms with Gasteiger partial charge in [-0.2, -0.15) is 5.26 Å². The normalized spacial score (nSPS) is 14.9. The van der Waals surface area contributed by atoms with E-state index in [1.54, 1.807) is 48.5 Å². The van der Waals surface area contributed by atoms with Crippen LogP contribution in [0.1, 0.15) is 5.56 Å². The van der Waals surface area contributed by atoms with E-state index >= 15 is 0 Å². The summed E-state index contributed by atoms with van der Waals surface area (Å²) in [6, 6.07) is 15.5. The van der Waals surface area contributed by atoms with Gasteiger partial charge in [-0.15, -0.1) is 0 Å². The summed E-state index contributed by atoms with van der Waals surface area (Å²) in [5, 5.41) is 11.5. The van der Waals surface area contributed by atoms with Crippen LogP contribution < -0.4 is 14.8 Å². The molecule has 0 unspecified atom stereocenters. The van der Waals surface area contributed by atoms with Crippen LogP contribution in [0.4, 0.5) is 5.69 Å². The number of rotatable bonds is 4. The molecule has 0 bridgehead atoms. The second-order valence-corrected chi connectivity index (χ2v) is 5.18. The molecular formula is C18H14N2O5. The van der Waals surface area contributed by atoms with Crippen LogP contribution in [0.15, 0.2) is 48.5 Å². The highest BCUT2D eigenvalue weighted by molar-refractivity contribution is 5.94. The molecule has 7 heteroatoms. The van der Waals surface area contributed by atoms with Gasteiger partial charge in [0.05, 0.1) is 11.3 Å². The van der Waals surface area contributed by atoms with E-state index in [-0.39, 0.29) is 6.61 Å². The topological polar surface area (TPSA) is 97.7 Å². The summed E-state index contributed by atoms with van der Waals surface area (Å²) in [7, 11) is 0. The number of nitriles is 1. The smallest absolute Gasteiger partial charge is 0.351 e. The lowest BCUT2D eigenvalue weighted by molar-refractivity contribution is -0.156. The van der Waals surface area contributed by atoms with Gasteiger partial charge in [-0.1, -0.05) is 24.3 Å². The fraction of sp³-hybridized carbons (Fsp3) is 0.167. The Hall–Kier alpha value is -3.53. The molecule has 0 saturated heterocycles. The van der Waals surface area contributed by atoms with Gasteiger partial charge in [-0.05, 0) is 24.3 Å². The molecule has 1 aliphatic heterocycles. The predicted octanol–water partition coefficient (Wildman–Crippen LogP) is 1.88. The number of esters is 1. The van der Waals surface area contributed by atoms with Crippen molar-refractivity contribution in [2.24, 2.45) is 0 Å². The average Bonchev–Trinajstić information content (AvgIpc) is 2.66. The summed E-state index contributed by atoms with van der Waals surface area (Å²) >= 11 is 0. The minimum atomic E-state index is -0.936. The maximum Gasteiger partial charge on any atom is 0.351 e. The molecule has 2 aromatic rings. The molecule has 0 aliphatic carbocycles. The van der Waals surface area contributed by atoms with E-state index in [1.807, 2.05) is 6.07 Å². The van der Waals surface area contributed by atoms with E-state index in [4.69, 9.17) is 19.5 Å². The first-order chi connectivity index (χ1) is 12.2. The third-order valence-electron chi connectivity index (χ3n) is 3.44. The molecule has 0 spiro atoms. The van der Waals surface area contributed by atoms with Crippen LogP contribution in [0.3, 0.4) is 0 Å². The number of hydrogen-bond donors (Lipinski definition) is 1. The van der Waals surface area contributed by atoms with Gasteiger partial charge >= 0.3 is 5.97 Å². The molecule has 1 N–H and O–H groups in total. The van der Waals surface area contributed by atoms with Crippen LogP contribution in [0.2, 0.25) is 0 Å². The van der Waals surface area contributed by atoms with Gasteiger partial charge in [0, 0.05) is 0 Å². The van der Waals surface area contributed by atoms with Crippen LogP contribution in [0, 0.1) is 11.3 Å². The Labute approximate surface area is 143 Å². The number of nitrogens with zero attached hydrogens (tertiary/aromatic N) is 1. The Balaban J connectivity index is 1.53. The maximum atomic E-state index is 12.0. The van der Waals surface area contributed by atoms with Crippen LogP contribution in [0.25, 0.3) is 0 Å². The Bertz CT molecular complexity index is 843. The number of para-hydroxylation sites is 3. The van der Waals surface area contributed by atoms with E-state index in [0.29, 0.717) is 22.7 Å². The van der Waals surface area contributed by atoms with Crippen LogP contribution in [-0.2, 0) is 14.3 Å². The Morgan fingerprint density at radius 2 is 1.88 bits per heavy atom. The Morgan fingerprint density at radius 3 is 2.68 bits per heavy atom. The lowest BCUT2D eigenvalue weighted by Crippen LogP contribution is -2.39. The second-order valence-electron chi connectivity index (χ2n) is 5.18. The van der Waals surface area contributed by atoms with Crippen molar-refractivity contribution in [1.82, 2.24) is 0 Å². The number of benzene rings is 2. The van der Waals surface area contributed by atoms with Crippen molar-refractivity contribution in [2.45, 2.75) is 6.10 Å². The van der Waals surface area contributed by atoms with Crippen molar-refractivity contribution in [3.63, 3.8) is 0 Å². The quantitative estimate of drug-likeness (QED) is 0.855. The highest BCUT2D eigenvalue weighted by Gasteiger charge is 2.29. The van der Waals surface area contributed by atoms with Crippen molar-refractivity contribution < 1.29 is 23.8 Å². The second kappa shape index (κ2) is 7.36. The highest BCUT2D eigenvalue weighted by Crippen LogP contribution is 2.31. The third kappa shape index (κ3) is 3.87. The molecular weight excluding hydrogens is 324 g/mol. The lowest BCUT2D eigenvalue weighted by Gasteiger charge is -2.24. The summed E-state index contributed by atoms with van der Waals surface area (Å²) in [4.78, 5) is 23.9. The largest absolute Gasteiger partial charge is 0.485 e. The molecule has 1 aliphatic rings. The van der Waals surface area contributed by atoms with Crippen molar-refractivity contribution in [3.8, 4) is 17.6 Å². The summed E-state index contributed by atoms with van der Waals surface area (Å²) in [6.45, 7) is -0.477. The number of carbonyl (C=O) groups is 2.